The van der Waals surface area contributed by atoms with E-state index >= 15 is 0 Å². The Kier molecular flexibility index (Phi) is 5.97. The third-order valence-corrected chi connectivity index (χ3v) is 5.19. The molecule has 0 unspecified atom stereocenters. The number of aliphatic imine (C=N–C) groups is 1. The molecule has 1 aliphatic rings. The number of anilines is 1. The molecule has 0 spiro atoms. The molecular formula is C23H25N5O3. The predicted octanol–water partition coefficient (Wildman–Crippen LogP) is 3.78. The molecule has 1 fully saturated rings. The molecule has 1 amide bonds. The Morgan fingerprint density at radius 1 is 1.42 bits per heavy atom. The van der Waals surface area contributed by atoms with Crippen LogP contribution in [0.25, 0.3) is 11.1 Å². The maximum absolute atomic E-state index is 13.4. The van der Waals surface area contributed by atoms with Gasteiger partial charge in [0.15, 0.2) is 5.58 Å². The fourth-order valence-electron chi connectivity index (χ4n) is 3.76. The second-order valence-electron chi connectivity index (χ2n) is 7.44. The van der Waals surface area contributed by atoms with Gasteiger partial charge in [-0.1, -0.05) is 18.7 Å². The number of fused-ring (bicyclic) bond motifs is 1. The van der Waals surface area contributed by atoms with Gasteiger partial charge in [0.1, 0.15) is 11.2 Å². The van der Waals surface area contributed by atoms with Gasteiger partial charge in [0.25, 0.3) is 11.9 Å². The number of piperidine rings is 1. The summed E-state index contributed by atoms with van der Waals surface area (Å²) in [4.78, 5) is 28.2. The summed E-state index contributed by atoms with van der Waals surface area (Å²) in [5, 5.41) is 3.33. The lowest BCUT2D eigenvalue weighted by Crippen LogP contribution is -2.45. The van der Waals surface area contributed by atoms with Gasteiger partial charge in [0.2, 0.25) is 5.90 Å². The van der Waals surface area contributed by atoms with Crippen LogP contribution in [0.5, 0.6) is 0 Å². The van der Waals surface area contributed by atoms with E-state index in [0.29, 0.717) is 36.3 Å². The lowest BCUT2D eigenvalue weighted by Gasteiger charge is -2.33. The highest BCUT2D eigenvalue weighted by molar-refractivity contribution is 6.06. The van der Waals surface area contributed by atoms with Crippen LogP contribution < -0.4 is 5.32 Å². The van der Waals surface area contributed by atoms with E-state index in [2.05, 4.69) is 26.9 Å². The molecule has 8 nitrogen and oxygen atoms in total. The van der Waals surface area contributed by atoms with Gasteiger partial charge in [0.05, 0.1) is 11.8 Å². The number of aryl methyl sites for hydroxylation is 1. The number of aromatic nitrogens is 2. The van der Waals surface area contributed by atoms with Crippen LogP contribution in [0.2, 0.25) is 0 Å². The van der Waals surface area contributed by atoms with E-state index in [1.54, 1.807) is 18.1 Å². The van der Waals surface area contributed by atoms with E-state index in [0.717, 1.165) is 29.5 Å². The van der Waals surface area contributed by atoms with E-state index in [1.807, 2.05) is 37.3 Å². The third-order valence-electron chi connectivity index (χ3n) is 5.19. The maximum atomic E-state index is 13.4. The van der Waals surface area contributed by atoms with Gasteiger partial charge in [0, 0.05) is 32.4 Å². The van der Waals surface area contributed by atoms with Crippen molar-refractivity contribution >= 4 is 28.9 Å². The summed E-state index contributed by atoms with van der Waals surface area (Å²) in [6.07, 6.45) is 4.75. The molecule has 8 heteroatoms. The predicted molar refractivity (Wildman–Crippen MR) is 119 cm³/mol. The van der Waals surface area contributed by atoms with Crippen LogP contribution in [0, 0.1) is 6.92 Å². The summed E-state index contributed by atoms with van der Waals surface area (Å²) >= 11 is 0. The minimum Gasteiger partial charge on any atom is -0.447 e. The molecule has 4 rings (SSSR count). The molecule has 1 atom stereocenters. The molecule has 0 bridgehead atoms. The number of ether oxygens (including phenoxy) is 1. The van der Waals surface area contributed by atoms with Crippen LogP contribution in [0.15, 0.2) is 58.8 Å². The highest BCUT2D eigenvalue weighted by atomic mass is 16.5. The molecular weight excluding hydrogens is 394 g/mol. The first-order valence-corrected chi connectivity index (χ1v) is 10.2. The van der Waals surface area contributed by atoms with Crippen molar-refractivity contribution in [3.05, 3.63) is 66.2 Å². The molecule has 2 aromatic heterocycles. The number of pyridine rings is 1. The summed E-state index contributed by atoms with van der Waals surface area (Å²) in [5.41, 5.74) is 3.32. The minimum atomic E-state index is -0.159. The molecule has 0 saturated carbocycles. The Labute approximate surface area is 180 Å². The van der Waals surface area contributed by atoms with Crippen molar-refractivity contribution in [3.8, 4) is 0 Å². The molecule has 1 aliphatic heterocycles. The Hall–Kier alpha value is -3.68. The topological polar surface area (TPSA) is 92.9 Å². The van der Waals surface area contributed by atoms with E-state index in [9.17, 15) is 4.79 Å². The Morgan fingerprint density at radius 3 is 3.03 bits per heavy atom. The fourth-order valence-corrected chi connectivity index (χ4v) is 3.76. The van der Waals surface area contributed by atoms with E-state index < -0.39 is 0 Å². The first-order valence-electron chi connectivity index (χ1n) is 10.2. The number of likely N-dealkylation sites (tertiary alicyclic amines) is 1. The van der Waals surface area contributed by atoms with Crippen molar-refractivity contribution in [2.75, 3.05) is 25.5 Å². The molecule has 0 radical (unpaired) electrons. The number of carbonyl (C=O) groups excluding carboxylic acids is 1. The lowest BCUT2D eigenvalue weighted by molar-refractivity contribution is 0.0707. The zero-order valence-corrected chi connectivity index (χ0v) is 17.7. The molecule has 3 aromatic rings. The number of para-hydroxylation sites is 2. The molecule has 1 N–H and O–H groups in total. The monoisotopic (exact) mass is 419 g/mol. The number of amides is 1. The van der Waals surface area contributed by atoms with Gasteiger partial charge in [-0.15, -0.1) is 0 Å². The van der Waals surface area contributed by atoms with Gasteiger partial charge in [-0.25, -0.2) is 4.98 Å². The molecule has 1 saturated heterocycles. The fraction of sp³-hybridized carbons (Fsp3) is 0.304. The summed E-state index contributed by atoms with van der Waals surface area (Å²) in [6, 6.07) is 9.97. The highest BCUT2D eigenvalue weighted by Crippen LogP contribution is 2.22. The summed E-state index contributed by atoms with van der Waals surface area (Å²) in [6.45, 7) is 6.67. The number of nitrogens with one attached hydrogen (secondary N) is 1. The number of nitrogens with zero attached hydrogens (tertiary/aromatic N) is 4. The highest BCUT2D eigenvalue weighted by Gasteiger charge is 2.29. The minimum absolute atomic E-state index is 0.0309. The van der Waals surface area contributed by atoms with Crippen molar-refractivity contribution in [3.63, 3.8) is 0 Å². The van der Waals surface area contributed by atoms with E-state index in [1.165, 1.54) is 6.26 Å². The average Bonchev–Trinajstić information content (AvgIpc) is 3.19. The van der Waals surface area contributed by atoms with Crippen LogP contribution in [0.4, 0.5) is 6.01 Å². The van der Waals surface area contributed by atoms with Crippen molar-refractivity contribution < 1.29 is 13.9 Å². The second kappa shape index (κ2) is 8.99. The Bertz CT molecular complexity index is 1100. The number of rotatable bonds is 5. The van der Waals surface area contributed by atoms with Gasteiger partial charge >= 0.3 is 0 Å². The molecule has 31 heavy (non-hydrogen) atoms. The van der Waals surface area contributed by atoms with Crippen molar-refractivity contribution in [1.82, 2.24) is 14.9 Å². The average molecular weight is 419 g/mol. The summed E-state index contributed by atoms with van der Waals surface area (Å²) in [5.74, 6) is 0.153. The third kappa shape index (κ3) is 4.42. The lowest BCUT2D eigenvalue weighted by atomic mass is 10.0. The van der Waals surface area contributed by atoms with Gasteiger partial charge in [-0.05, 0) is 43.5 Å². The number of carbonyl (C=O) groups is 1. The standard InChI is InChI=1S/C23H25N5O3/c1-4-30-21(24-3)17-12-15(2)13-25-20(17)22(29)28-11-7-8-16(14-28)26-23-27-18-9-5-6-10-19(18)31-23/h4-6,9-10,12-13,16H,1,7-8,11,14H2,2-3H3,(H,26,27)/t16-/m1/s1. The summed E-state index contributed by atoms with van der Waals surface area (Å²) in [7, 11) is 1.61. The number of hydrogen-bond acceptors (Lipinski definition) is 7. The van der Waals surface area contributed by atoms with Crippen LogP contribution >= 0.6 is 0 Å². The summed E-state index contributed by atoms with van der Waals surface area (Å²) < 4.78 is 11.2. The first-order chi connectivity index (χ1) is 15.1. The largest absolute Gasteiger partial charge is 0.447 e. The number of oxazole rings is 1. The van der Waals surface area contributed by atoms with Crippen LogP contribution in [0.3, 0.4) is 0 Å². The normalized spacial score (nSPS) is 16.9. The quantitative estimate of drug-likeness (QED) is 0.384. The van der Waals surface area contributed by atoms with E-state index in [4.69, 9.17) is 9.15 Å². The first kappa shape index (κ1) is 20.6. The molecule has 1 aromatic carbocycles. The zero-order chi connectivity index (χ0) is 21.8. The van der Waals surface area contributed by atoms with Crippen LogP contribution in [0.1, 0.15) is 34.5 Å². The van der Waals surface area contributed by atoms with Gasteiger partial charge < -0.3 is 19.4 Å². The van der Waals surface area contributed by atoms with Gasteiger partial charge in [-0.3, -0.25) is 9.79 Å². The number of hydrogen-bond donors (Lipinski definition) is 1. The smallest absolute Gasteiger partial charge is 0.295 e. The van der Waals surface area contributed by atoms with Crippen molar-refractivity contribution in [2.45, 2.75) is 25.8 Å². The van der Waals surface area contributed by atoms with Crippen molar-refractivity contribution in [1.29, 1.82) is 0 Å². The molecule has 3 heterocycles. The zero-order valence-electron chi connectivity index (χ0n) is 17.7. The maximum Gasteiger partial charge on any atom is 0.295 e. The molecule has 0 aliphatic carbocycles. The van der Waals surface area contributed by atoms with E-state index in [-0.39, 0.29) is 11.9 Å². The Balaban J connectivity index is 1.53. The SMILES string of the molecule is C=COC(=NC)c1cc(C)cnc1C(=O)N1CCC[C@@H](Nc2nc3ccccc3o2)C1. The van der Waals surface area contributed by atoms with Crippen molar-refractivity contribution in [2.24, 2.45) is 4.99 Å². The molecule has 160 valence electrons. The second-order valence-corrected chi connectivity index (χ2v) is 7.44. The Morgan fingerprint density at radius 2 is 2.26 bits per heavy atom. The van der Waals surface area contributed by atoms with Crippen LogP contribution in [-0.4, -0.2) is 52.9 Å². The van der Waals surface area contributed by atoms with Gasteiger partial charge in [-0.2, -0.15) is 4.98 Å². The number of benzene rings is 1. The van der Waals surface area contributed by atoms with Crippen LogP contribution in [-0.2, 0) is 4.74 Å².